The van der Waals surface area contributed by atoms with Gasteiger partial charge in [-0.25, -0.2) is 4.98 Å². The fourth-order valence-electron chi connectivity index (χ4n) is 3.18. The van der Waals surface area contributed by atoms with E-state index in [1.807, 2.05) is 24.3 Å². The molecule has 0 unspecified atom stereocenters. The fourth-order valence-corrected chi connectivity index (χ4v) is 3.18. The van der Waals surface area contributed by atoms with Crippen LogP contribution in [0.2, 0.25) is 0 Å². The molecule has 0 aliphatic heterocycles. The standard InChI is InChI=1S/C21H25N3O2/c1-16-9-10-20(17(2)14-16)26-13-12-24-19-7-4-3-6-18(19)23-21(24)8-5-11-22-15-25/h3-4,6-7,9-10,14-15H,5,8,11-13H2,1-2H3,(H,22,25). The minimum absolute atomic E-state index is 0.587. The Morgan fingerprint density at radius 1 is 1.19 bits per heavy atom. The van der Waals surface area contributed by atoms with E-state index in [1.165, 1.54) is 5.56 Å². The van der Waals surface area contributed by atoms with Crippen LogP contribution in [0.5, 0.6) is 5.75 Å². The number of imidazole rings is 1. The molecule has 136 valence electrons. The van der Waals surface area contributed by atoms with Crippen LogP contribution in [0, 0.1) is 13.8 Å². The molecular weight excluding hydrogens is 326 g/mol. The molecule has 3 aromatic rings. The van der Waals surface area contributed by atoms with Crippen molar-refractivity contribution in [3.63, 3.8) is 0 Å². The molecule has 2 aromatic carbocycles. The molecule has 0 aliphatic carbocycles. The molecule has 1 heterocycles. The quantitative estimate of drug-likeness (QED) is 0.475. The second-order valence-electron chi connectivity index (χ2n) is 6.46. The van der Waals surface area contributed by atoms with E-state index in [9.17, 15) is 4.79 Å². The van der Waals surface area contributed by atoms with Crippen LogP contribution in [-0.2, 0) is 17.8 Å². The number of benzene rings is 2. The first-order valence-electron chi connectivity index (χ1n) is 9.00. The van der Waals surface area contributed by atoms with Gasteiger partial charge in [0.05, 0.1) is 17.6 Å². The lowest BCUT2D eigenvalue weighted by molar-refractivity contribution is -0.109. The van der Waals surface area contributed by atoms with Crippen molar-refractivity contribution in [1.82, 2.24) is 14.9 Å². The summed E-state index contributed by atoms with van der Waals surface area (Å²) in [6, 6.07) is 14.4. The highest BCUT2D eigenvalue weighted by atomic mass is 16.5. The maximum absolute atomic E-state index is 10.4. The first-order chi connectivity index (χ1) is 12.7. The number of carbonyl (C=O) groups excluding carboxylic acids is 1. The third-order valence-corrected chi connectivity index (χ3v) is 4.44. The topological polar surface area (TPSA) is 56.1 Å². The fraction of sp³-hybridized carbons (Fsp3) is 0.333. The van der Waals surface area contributed by atoms with Gasteiger partial charge in [0.2, 0.25) is 6.41 Å². The van der Waals surface area contributed by atoms with Crippen LogP contribution >= 0.6 is 0 Å². The number of para-hydroxylation sites is 2. The Bertz CT molecular complexity index is 886. The van der Waals surface area contributed by atoms with Crippen LogP contribution in [0.1, 0.15) is 23.4 Å². The van der Waals surface area contributed by atoms with Gasteiger partial charge in [0.1, 0.15) is 18.2 Å². The highest BCUT2D eigenvalue weighted by Gasteiger charge is 2.10. The normalized spacial score (nSPS) is 10.8. The lowest BCUT2D eigenvalue weighted by atomic mass is 10.1. The highest BCUT2D eigenvalue weighted by molar-refractivity contribution is 5.75. The lowest BCUT2D eigenvalue weighted by Crippen LogP contribution is -2.15. The third-order valence-electron chi connectivity index (χ3n) is 4.44. The van der Waals surface area contributed by atoms with Gasteiger partial charge in [0, 0.05) is 13.0 Å². The number of amides is 1. The van der Waals surface area contributed by atoms with E-state index in [1.54, 1.807) is 0 Å². The number of nitrogens with one attached hydrogen (secondary N) is 1. The van der Waals surface area contributed by atoms with Crippen molar-refractivity contribution in [2.45, 2.75) is 33.2 Å². The third kappa shape index (κ3) is 4.23. The number of hydrogen-bond acceptors (Lipinski definition) is 3. The molecule has 0 aliphatic rings. The number of nitrogens with zero attached hydrogens (tertiary/aromatic N) is 2. The summed E-state index contributed by atoms with van der Waals surface area (Å²) in [6.07, 6.45) is 2.42. The Morgan fingerprint density at radius 3 is 2.85 bits per heavy atom. The van der Waals surface area contributed by atoms with Crippen LogP contribution in [0.15, 0.2) is 42.5 Å². The van der Waals surface area contributed by atoms with Crippen LogP contribution in [-0.4, -0.2) is 29.1 Å². The Balaban J connectivity index is 1.71. The summed E-state index contributed by atoms with van der Waals surface area (Å²) in [5, 5.41) is 2.70. The summed E-state index contributed by atoms with van der Waals surface area (Å²) in [5.74, 6) is 1.96. The second-order valence-corrected chi connectivity index (χ2v) is 6.46. The van der Waals surface area contributed by atoms with E-state index in [0.717, 1.165) is 54.0 Å². The van der Waals surface area contributed by atoms with Crippen LogP contribution < -0.4 is 10.1 Å². The molecule has 0 saturated heterocycles. The van der Waals surface area contributed by atoms with Gasteiger partial charge >= 0.3 is 0 Å². The van der Waals surface area contributed by atoms with Crippen molar-refractivity contribution in [1.29, 1.82) is 0 Å². The number of aryl methyl sites for hydroxylation is 3. The van der Waals surface area contributed by atoms with Crippen molar-refractivity contribution in [3.8, 4) is 5.75 Å². The molecular formula is C21H25N3O2. The Labute approximate surface area is 154 Å². The van der Waals surface area contributed by atoms with Gasteiger partial charge in [-0.2, -0.15) is 0 Å². The second kappa shape index (κ2) is 8.52. The monoisotopic (exact) mass is 351 g/mol. The van der Waals surface area contributed by atoms with Crippen molar-refractivity contribution in [2.24, 2.45) is 0 Å². The highest BCUT2D eigenvalue weighted by Crippen LogP contribution is 2.20. The number of ether oxygens (including phenoxy) is 1. The Hall–Kier alpha value is -2.82. The first-order valence-corrected chi connectivity index (χ1v) is 9.00. The van der Waals surface area contributed by atoms with Gasteiger partial charge in [-0.1, -0.05) is 29.8 Å². The molecule has 0 saturated carbocycles. The SMILES string of the molecule is Cc1ccc(OCCn2c(CCCNC=O)nc3ccccc32)c(C)c1. The van der Waals surface area contributed by atoms with E-state index in [4.69, 9.17) is 9.72 Å². The predicted octanol–water partition coefficient (Wildman–Crippen LogP) is 3.41. The zero-order valence-corrected chi connectivity index (χ0v) is 15.4. The van der Waals surface area contributed by atoms with Gasteiger partial charge in [-0.3, -0.25) is 4.79 Å². The van der Waals surface area contributed by atoms with Crippen molar-refractivity contribution in [2.75, 3.05) is 13.2 Å². The number of carbonyl (C=O) groups is 1. The average molecular weight is 351 g/mol. The van der Waals surface area contributed by atoms with E-state index in [0.29, 0.717) is 13.2 Å². The van der Waals surface area contributed by atoms with Gasteiger partial charge in [-0.05, 0) is 44.0 Å². The summed E-state index contributed by atoms with van der Waals surface area (Å²) < 4.78 is 8.23. The van der Waals surface area contributed by atoms with Crippen molar-refractivity contribution in [3.05, 3.63) is 59.4 Å². The van der Waals surface area contributed by atoms with E-state index in [2.05, 4.69) is 41.9 Å². The van der Waals surface area contributed by atoms with Gasteiger partial charge < -0.3 is 14.6 Å². The predicted molar refractivity (Wildman–Crippen MR) is 104 cm³/mol. The molecule has 0 bridgehead atoms. The first kappa shape index (κ1) is 18.0. The maximum Gasteiger partial charge on any atom is 0.207 e. The van der Waals surface area contributed by atoms with Gasteiger partial charge in [-0.15, -0.1) is 0 Å². The Morgan fingerprint density at radius 2 is 2.04 bits per heavy atom. The smallest absolute Gasteiger partial charge is 0.207 e. The summed E-state index contributed by atoms with van der Waals surface area (Å²) in [7, 11) is 0. The molecule has 26 heavy (non-hydrogen) atoms. The Kier molecular flexibility index (Phi) is 5.89. The molecule has 0 spiro atoms. The largest absolute Gasteiger partial charge is 0.491 e. The van der Waals surface area contributed by atoms with Gasteiger partial charge in [0.25, 0.3) is 0 Å². The van der Waals surface area contributed by atoms with Crippen molar-refractivity contribution < 1.29 is 9.53 Å². The van der Waals surface area contributed by atoms with E-state index >= 15 is 0 Å². The molecule has 5 nitrogen and oxygen atoms in total. The van der Waals surface area contributed by atoms with Crippen molar-refractivity contribution >= 4 is 17.4 Å². The molecule has 3 rings (SSSR count). The summed E-state index contributed by atoms with van der Waals surface area (Å²) in [5.41, 5.74) is 4.51. The summed E-state index contributed by atoms with van der Waals surface area (Å²) >= 11 is 0. The minimum atomic E-state index is 0.587. The molecule has 1 aromatic heterocycles. The molecule has 0 atom stereocenters. The zero-order chi connectivity index (χ0) is 18.4. The van der Waals surface area contributed by atoms with Crippen LogP contribution in [0.25, 0.3) is 11.0 Å². The number of hydrogen-bond donors (Lipinski definition) is 1. The van der Waals surface area contributed by atoms with Crippen LogP contribution in [0.3, 0.4) is 0 Å². The summed E-state index contributed by atoms with van der Waals surface area (Å²) in [4.78, 5) is 15.2. The molecule has 1 N–H and O–H groups in total. The number of aromatic nitrogens is 2. The average Bonchev–Trinajstić information content (AvgIpc) is 2.98. The van der Waals surface area contributed by atoms with Gasteiger partial charge in [0.15, 0.2) is 0 Å². The number of fused-ring (bicyclic) bond motifs is 1. The minimum Gasteiger partial charge on any atom is -0.491 e. The molecule has 0 fully saturated rings. The van der Waals surface area contributed by atoms with E-state index in [-0.39, 0.29) is 0 Å². The molecule has 5 heteroatoms. The maximum atomic E-state index is 10.4. The molecule has 0 radical (unpaired) electrons. The van der Waals surface area contributed by atoms with E-state index < -0.39 is 0 Å². The van der Waals surface area contributed by atoms with Crippen LogP contribution in [0.4, 0.5) is 0 Å². The lowest BCUT2D eigenvalue weighted by Gasteiger charge is -2.12. The molecule has 1 amide bonds. The zero-order valence-electron chi connectivity index (χ0n) is 15.4. The summed E-state index contributed by atoms with van der Waals surface area (Å²) in [6.45, 7) is 6.14. The number of rotatable bonds is 9.